The molecule has 0 heterocycles. The average Bonchev–Trinajstić information content (AvgIpc) is 2.71. The van der Waals surface area contributed by atoms with Crippen molar-refractivity contribution in [1.29, 1.82) is 0 Å². The largest absolute Gasteiger partial charge is 0.356 e. The van der Waals surface area contributed by atoms with Crippen LogP contribution in [0.3, 0.4) is 0 Å². The monoisotopic (exact) mass is 296 g/mol. The second kappa shape index (κ2) is 6.28. The quantitative estimate of drug-likeness (QED) is 0.754. The molecule has 1 fully saturated rings. The second-order valence-electron chi connectivity index (χ2n) is 8.98. The molecular weight excluding hydrogens is 260 g/mol. The molecule has 0 saturated heterocycles. The van der Waals surface area contributed by atoms with Crippen molar-refractivity contribution < 1.29 is 4.79 Å². The molecule has 1 saturated carbocycles. The molecule has 0 aliphatic heterocycles. The predicted octanol–water partition coefficient (Wildman–Crippen LogP) is 3.58. The van der Waals surface area contributed by atoms with E-state index in [1.807, 2.05) is 0 Å². The lowest BCUT2D eigenvalue weighted by Crippen LogP contribution is -2.29. The van der Waals surface area contributed by atoms with E-state index in [0.717, 1.165) is 19.4 Å². The molecule has 21 heavy (non-hydrogen) atoms. The maximum Gasteiger partial charge on any atom is 0.220 e. The van der Waals surface area contributed by atoms with E-state index in [1.165, 1.54) is 0 Å². The molecule has 1 unspecified atom stereocenters. The van der Waals surface area contributed by atoms with Crippen LogP contribution in [-0.2, 0) is 4.79 Å². The van der Waals surface area contributed by atoms with E-state index in [9.17, 15) is 4.79 Å². The summed E-state index contributed by atoms with van der Waals surface area (Å²) in [5, 5.41) is 3.13. The number of amides is 1. The average molecular weight is 296 g/mol. The maximum atomic E-state index is 12.1. The van der Waals surface area contributed by atoms with Crippen molar-refractivity contribution in [1.82, 2.24) is 5.32 Å². The Kier molecular flexibility index (Phi) is 5.52. The Labute approximate surface area is 131 Å². The van der Waals surface area contributed by atoms with Crippen molar-refractivity contribution in [2.24, 2.45) is 33.8 Å². The van der Waals surface area contributed by atoms with E-state index >= 15 is 0 Å². The molecule has 0 aromatic carbocycles. The fourth-order valence-electron chi connectivity index (χ4n) is 3.66. The zero-order valence-corrected chi connectivity index (χ0v) is 15.2. The van der Waals surface area contributed by atoms with Crippen molar-refractivity contribution in [2.45, 2.75) is 67.7 Å². The second-order valence-corrected chi connectivity index (χ2v) is 8.98. The van der Waals surface area contributed by atoms with Crippen LogP contribution in [0.25, 0.3) is 0 Å². The molecule has 0 bridgehead atoms. The normalized spacial score (nSPS) is 21.9. The fraction of sp³-hybridized carbons (Fsp3) is 0.944. The Bertz CT molecular complexity index is 352. The SMILES string of the molecule is CC(C)(C)C(CCN)CCC(=O)NCC1C(C)(C)C1(C)C. The van der Waals surface area contributed by atoms with Gasteiger partial charge in [-0.25, -0.2) is 0 Å². The molecule has 0 spiro atoms. The molecule has 0 radical (unpaired) electrons. The third kappa shape index (κ3) is 4.21. The maximum absolute atomic E-state index is 12.1. The van der Waals surface area contributed by atoms with E-state index in [-0.39, 0.29) is 11.3 Å². The highest BCUT2D eigenvalue weighted by Crippen LogP contribution is 2.67. The highest BCUT2D eigenvalue weighted by Gasteiger charge is 2.64. The Hall–Kier alpha value is -0.570. The van der Waals surface area contributed by atoms with Gasteiger partial charge >= 0.3 is 0 Å². The van der Waals surface area contributed by atoms with Gasteiger partial charge in [0.2, 0.25) is 5.91 Å². The minimum Gasteiger partial charge on any atom is -0.356 e. The van der Waals surface area contributed by atoms with Crippen LogP contribution in [0.4, 0.5) is 0 Å². The predicted molar refractivity (Wildman–Crippen MR) is 89.9 cm³/mol. The van der Waals surface area contributed by atoms with E-state index < -0.39 is 0 Å². The first-order chi connectivity index (χ1) is 9.44. The summed E-state index contributed by atoms with van der Waals surface area (Å²) in [5.74, 6) is 1.30. The summed E-state index contributed by atoms with van der Waals surface area (Å²) in [6.45, 7) is 17.4. The molecule has 124 valence electrons. The number of nitrogens with two attached hydrogens (primary N) is 1. The first-order valence-corrected chi connectivity index (χ1v) is 8.41. The van der Waals surface area contributed by atoms with Crippen LogP contribution < -0.4 is 11.1 Å². The van der Waals surface area contributed by atoms with E-state index in [1.54, 1.807) is 0 Å². The van der Waals surface area contributed by atoms with Crippen molar-refractivity contribution in [3.05, 3.63) is 0 Å². The Morgan fingerprint density at radius 3 is 2.05 bits per heavy atom. The molecule has 3 heteroatoms. The zero-order chi connectivity index (χ0) is 16.5. The summed E-state index contributed by atoms with van der Waals surface area (Å²) in [6.07, 6.45) is 2.55. The van der Waals surface area contributed by atoms with Gasteiger partial charge in [0.05, 0.1) is 0 Å². The molecule has 1 aliphatic carbocycles. The molecule has 0 aromatic heterocycles. The number of nitrogens with one attached hydrogen (secondary N) is 1. The number of carbonyl (C=O) groups is 1. The van der Waals surface area contributed by atoms with Crippen LogP contribution >= 0.6 is 0 Å². The first-order valence-electron chi connectivity index (χ1n) is 8.41. The summed E-state index contributed by atoms with van der Waals surface area (Å²) in [4.78, 5) is 12.1. The molecule has 3 nitrogen and oxygen atoms in total. The summed E-state index contributed by atoms with van der Waals surface area (Å²) in [5.41, 5.74) is 6.60. The lowest BCUT2D eigenvalue weighted by molar-refractivity contribution is -0.121. The third-order valence-electron chi connectivity index (χ3n) is 6.28. The summed E-state index contributed by atoms with van der Waals surface area (Å²) < 4.78 is 0. The molecule has 0 aromatic rings. The highest BCUT2D eigenvalue weighted by atomic mass is 16.1. The Balaban J connectivity index is 2.35. The lowest BCUT2D eigenvalue weighted by Gasteiger charge is -2.30. The number of rotatable bonds is 7. The third-order valence-corrected chi connectivity index (χ3v) is 6.28. The van der Waals surface area contributed by atoms with Gasteiger partial charge in [-0.2, -0.15) is 0 Å². The van der Waals surface area contributed by atoms with Crippen molar-refractivity contribution in [3.63, 3.8) is 0 Å². The van der Waals surface area contributed by atoms with Crippen LogP contribution in [0.15, 0.2) is 0 Å². The Morgan fingerprint density at radius 1 is 1.14 bits per heavy atom. The van der Waals surface area contributed by atoms with Crippen LogP contribution in [0.2, 0.25) is 0 Å². The van der Waals surface area contributed by atoms with Gasteiger partial charge < -0.3 is 11.1 Å². The summed E-state index contributed by atoms with van der Waals surface area (Å²) in [6, 6.07) is 0. The molecule has 1 rings (SSSR count). The van der Waals surface area contributed by atoms with Crippen LogP contribution in [0.1, 0.15) is 67.7 Å². The van der Waals surface area contributed by atoms with E-state index in [0.29, 0.717) is 35.6 Å². The fourth-order valence-corrected chi connectivity index (χ4v) is 3.66. The van der Waals surface area contributed by atoms with Gasteiger partial charge in [-0.3, -0.25) is 4.79 Å². The summed E-state index contributed by atoms with van der Waals surface area (Å²) in [7, 11) is 0. The minimum atomic E-state index is 0.194. The topological polar surface area (TPSA) is 55.1 Å². The van der Waals surface area contributed by atoms with Gasteiger partial charge in [0.1, 0.15) is 0 Å². The van der Waals surface area contributed by atoms with Gasteiger partial charge in [0.25, 0.3) is 0 Å². The molecule has 1 amide bonds. The lowest BCUT2D eigenvalue weighted by atomic mass is 9.76. The zero-order valence-electron chi connectivity index (χ0n) is 15.2. The van der Waals surface area contributed by atoms with Crippen molar-refractivity contribution >= 4 is 5.91 Å². The van der Waals surface area contributed by atoms with Crippen molar-refractivity contribution in [2.75, 3.05) is 13.1 Å². The van der Waals surface area contributed by atoms with Gasteiger partial charge in [-0.05, 0) is 47.5 Å². The van der Waals surface area contributed by atoms with E-state index in [4.69, 9.17) is 5.73 Å². The van der Waals surface area contributed by atoms with Gasteiger partial charge in [0, 0.05) is 13.0 Å². The smallest absolute Gasteiger partial charge is 0.220 e. The van der Waals surface area contributed by atoms with Crippen LogP contribution in [-0.4, -0.2) is 19.0 Å². The molecular formula is C18H36N2O. The molecule has 1 atom stereocenters. The van der Waals surface area contributed by atoms with Gasteiger partial charge in [0.15, 0.2) is 0 Å². The van der Waals surface area contributed by atoms with Gasteiger partial charge in [-0.15, -0.1) is 0 Å². The van der Waals surface area contributed by atoms with Gasteiger partial charge in [-0.1, -0.05) is 48.5 Å². The van der Waals surface area contributed by atoms with Crippen LogP contribution in [0, 0.1) is 28.1 Å². The van der Waals surface area contributed by atoms with Crippen LogP contribution in [0.5, 0.6) is 0 Å². The number of carbonyl (C=O) groups excluding carboxylic acids is 1. The number of hydrogen-bond donors (Lipinski definition) is 2. The highest BCUT2D eigenvalue weighted by molar-refractivity contribution is 5.75. The molecule has 1 aliphatic rings. The Morgan fingerprint density at radius 2 is 1.67 bits per heavy atom. The number of hydrogen-bond acceptors (Lipinski definition) is 2. The van der Waals surface area contributed by atoms with Crippen molar-refractivity contribution in [3.8, 4) is 0 Å². The minimum absolute atomic E-state index is 0.194. The van der Waals surface area contributed by atoms with E-state index in [2.05, 4.69) is 53.8 Å². The standard InChI is InChI=1S/C18H36N2O/c1-16(2,3)13(10-11-19)8-9-15(21)20-12-14-17(4,5)18(14,6)7/h13-14H,8-12,19H2,1-7H3,(H,20,21). The molecule has 3 N–H and O–H groups in total. The summed E-state index contributed by atoms with van der Waals surface area (Å²) >= 11 is 0. The first kappa shape index (κ1) is 18.5.